The number of hydrogen-bond acceptors (Lipinski definition) is 2. The molecule has 3 nitrogen and oxygen atoms in total. The number of aromatic nitrogens is 1. The molecule has 2 rings (SSSR count). The molecule has 0 fully saturated rings. The van der Waals surface area contributed by atoms with E-state index in [4.69, 9.17) is 0 Å². The predicted octanol–water partition coefficient (Wildman–Crippen LogP) is 3.68. The number of rotatable bonds is 2. The van der Waals surface area contributed by atoms with Gasteiger partial charge in [-0.05, 0) is 52.7 Å². The van der Waals surface area contributed by atoms with Crippen LogP contribution in [0.2, 0.25) is 0 Å². The van der Waals surface area contributed by atoms with Gasteiger partial charge in [0, 0.05) is 0 Å². The summed E-state index contributed by atoms with van der Waals surface area (Å²) in [5.41, 5.74) is 0.882. The lowest BCUT2D eigenvalue weighted by atomic mass is 10.2. The van der Waals surface area contributed by atoms with E-state index >= 15 is 0 Å². The van der Waals surface area contributed by atoms with Crippen LogP contribution in [0, 0.1) is 18.6 Å². The average molecular weight is 327 g/mol. The molecule has 6 heteroatoms. The van der Waals surface area contributed by atoms with Crippen LogP contribution in [0.25, 0.3) is 0 Å². The molecule has 1 amide bonds. The molecule has 0 unspecified atom stereocenters. The Balaban J connectivity index is 2.25. The summed E-state index contributed by atoms with van der Waals surface area (Å²) in [6.07, 6.45) is 1.42. The number of nitrogens with one attached hydrogen (secondary N) is 1. The third kappa shape index (κ3) is 3.14. The number of benzene rings is 1. The first-order chi connectivity index (χ1) is 8.97. The zero-order valence-electron chi connectivity index (χ0n) is 9.88. The summed E-state index contributed by atoms with van der Waals surface area (Å²) in [5.74, 6) is -2.17. The Morgan fingerprint density at radius 3 is 2.74 bits per heavy atom. The minimum absolute atomic E-state index is 0.347. The van der Waals surface area contributed by atoms with Crippen LogP contribution >= 0.6 is 15.9 Å². The first-order valence-corrected chi connectivity index (χ1v) is 6.15. The molecule has 1 N–H and O–H groups in total. The van der Waals surface area contributed by atoms with E-state index in [1.165, 1.54) is 6.20 Å². The smallest absolute Gasteiger partial charge is 0.258 e. The van der Waals surface area contributed by atoms with Crippen LogP contribution in [0.5, 0.6) is 0 Å². The predicted molar refractivity (Wildman–Crippen MR) is 71.0 cm³/mol. The average Bonchev–Trinajstić information content (AvgIpc) is 2.36. The summed E-state index contributed by atoms with van der Waals surface area (Å²) in [6, 6.07) is 4.39. The lowest BCUT2D eigenvalue weighted by Crippen LogP contribution is -2.14. The second-order valence-corrected chi connectivity index (χ2v) is 4.66. The fourth-order valence-electron chi connectivity index (χ4n) is 1.50. The standard InChI is InChI=1S/C13H9BrF2N2O/c1-7-4-9(6-17-12(7)14)18-13(19)10-5-8(15)2-3-11(10)16/h2-6H,1H3,(H,18,19). The van der Waals surface area contributed by atoms with Gasteiger partial charge < -0.3 is 5.32 Å². The quantitative estimate of drug-likeness (QED) is 0.855. The molecule has 0 bridgehead atoms. The van der Waals surface area contributed by atoms with Gasteiger partial charge in [0.1, 0.15) is 16.2 Å². The Hall–Kier alpha value is -1.82. The number of carbonyl (C=O) groups excluding carboxylic acids is 1. The minimum atomic E-state index is -0.777. The van der Waals surface area contributed by atoms with Crippen LogP contribution in [-0.4, -0.2) is 10.9 Å². The second kappa shape index (κ2) is 5.44. The molecule has 0 saturated heterocycles. The number of nitrogens with zero attached hydrogens (tertiary/aromatic N) is 1. The van der Waals surface area contributed by atoms with E-state index in [0.29, 0.717) is 10.3 Å². The molecule has 2 aromatic rings. The highest BCUT2D eigenvalue weighted by Crippen LogP contribution is 2.18. The molecule has 98 valence electrons. The van der Waals surface area contributed by atoms with Crippen molar-refractivity contribution in [2.75, 3.05) is 5.32 Å². The molecule has 0 aliphatic heterocycles. The highest BCUT2D eigenvalue weighted by Gasteiger charge is 2.13. The lowest BCUT2D eigenvalue weighted by Gasteiger charge is -2.07. The fourth-order valence-corrected chi connectivity index (χ4v) is 1.71. The van der Waals surface area contributed by atoms with Crippen LogP contribution in [0.1, 0.15) is 15.9 Å². The SMILES string of the molecule is Cc1cc(NC(=O)c2cc(F)ccc2F)cnc1Br. The van der Waals surface area contributed by atoms with Gasteiger partial charge >= 0.3 is 0 Å². The number of carbonyl (C=O) groups is 1. The van der Waals surface area contributed by atoms with Crippen molar-refractivity contribution in [1.82, 2.24) is 4.98 Å². The molecule has 0 radical (unpaired) electrons. The summed E-state index contributed by atoms with van der Waals surface area (Å²) in [6.45, 7) is 1.80. The minimum Gasteiger partial charge on any atom is -0.320 e. The van der Waals surface area contributed by atoms with E-state index in [0.717, 1.165) is 23.8 Å². The van der Waals surface area contributed by atoms with Crippen molar-refractivity contribution in [3.05, 3.63) is 57.8 Å². The maximum atomic E-state index is 13.4. The van der Waals surface area contributed by atoms with E-state index in [1.807, 2.05) is 0 Å². The van der Waals surface area contributed by atoms with Crippen LogP contribution < -0.4 is 5.32 Å². The molecule has 0 spiro atoms. The van der Waals surface area contributed by atoms with Gasteiger partial charge in [0.15, 0.2) is 0 Å². The second-order valence-electron chi connectivity index (χ2n) is 3.91. The zero-order chi connectivity index (χ0) is 14.0. The first-order valence-electron chi connectivity index (χ1n) is 5.36. The summed E-state index contributed by atoms with van der Waals surface area (Å²) in [7, 11) is 0. The first kappa shape index (κ1) is 13.6. The molecule has 0 saturated carbocycles. The van der Waals surface area contributed by atoms with Gasteiger partial charge in [0.25, 0.3) is 5.91 Å². The van der Waals surface area contributed by atoms with E-state index in [1.54, 1.807) is 13.0 Å². The largest absolute Gasteiger partial charge is 0.320 e. The molecule has 1 aromatic carbocycles. The van der Waals surface area contributed by atoms with Crippen molar-refractivity contribution in [1.29, 1.82) is 0 Å². The molecular weight excluding hydrogens is 318 g/mol. The monoisotopic (exact) mass is 326 g/mol. The Labute approximate surface area is 116 Å². The summed E-state index contributed by atoms with van der Waals surface area (Å²) in [4.78, 5) is 15.8. The summed E-state index contributed by atoms with van der Waals surface area (Å²) >= 11 is 3.23. The fraction of sp³-hybridized carbons (Fsp3) is 0.0769. The van der Waals surface area contributed by atoms with Gasteiger partial charge in [-0.3, -0.25) is 4.79 Å². The van der Waals surface area contributed by atoms with Crippen LogP contribution in [0.15, 0.2) is 35.1 Å². The maximum Gasteiger partial charge on any atom is 0.258 e. The number of anilines is 1. The molecule has 0 aliphatic rings. The van der Waals surface area contributed by atoms with Crippen molar-refractivity contribution in [3.63, 3.8) is 0 Å². The number of pyridine rings is 1. The third-order valence-electron chi connectivity index (χ3n) is 2.45. The number of amides is 1. The molecule has 1 aromatic heterocycles. The highest BCUT2D eigenvalue weighted by molar-refractivity contribution is 9.10. The summed E-state index contributed by atoms with van der Waals surface area (Å²) < 4.78 is 27.1. The van der Waals surface area contributed by atoms with Gasteiger partial charge in [-0.15, -0.1) is 0 Å². The topological polar surface area (TPSA) is 42.0 Å². The van der Waals surface area contributed by atoms with Crippen molar-refractivity contribution in [3.8, 4) is 0 Å². The molecular formula is C13H9BrF2N2O. The van der Waals surface area contributed by atoms with Crippen molar-refractivity contribution < 1.29 is 13.6 Å². The Morgan fingerprint density at radius 2 is 2.05 bits per heavy atom. The van der Waals surface area contributed by atoms with Crippen LogP contribution in [0.3, 0.4) is 0 Å². The molecule has 0 atom stereocenters. The highest BCUT2D eigenvalue weighted by atomic mass is 79.9. The van der Waals surface area contributed by atoms with Crippen molar-refractivity contribution in [2.45, 2.75) is 6.92 Å². The molecule has 19 heavy (non-hydrogen) atoms. The molecule has 0 aliphatic carbocycles. The van der Waals surface area contributed by atoms with Gasteiger partial charge in [-0.1, -0.05) is 0 Å². The zero-order valence-corrected chi connectivity index (χ0v) is 11.5. The normalized spacial score (nSPS) is 10.3. The van der Waals surface area contributed by atoms with E-state index < -0.39 is 17.5 Å². The summed E-state index contributed by atoms with van der Waals surface area (Å²) in [5, 5.41) is 2.47. The van der Waals surface area contributed by atoms with E-state index in [9.17, 15) is 13.6 Å². The van der Waals surface area contributed by atoms with Crippen molar-refractivity contribution in [2.24, 2.45) is 0 Å². The van der Waals surface area contributed by atoms with Gasteiger partial charge in [-0.2, -0.15) is 0 Å². The van der Waals surface area contributed by atoms with Crippen LogP contribution in [0.4, 0.5) is 14.5 Å². The Morgan fingerprint density at radius 1 is 1.32 bits per heavy atom. The number of halogens is 3. The Kier molecular flexibility index (Phi) is 3.90. The maximum absolute atomic E-state index is 13.4. The van der Waals surface area contributed by atoms with Crippen molar-refractivity contribution >= 4 is 27.5 Å². The lowest BCUT2D eigenvalue weighted by molar-refractivity contribution is 0.102. The number of hydrogen-bond donors (Lipinski definition) is 1. The molecule has 1 heterocycles. The van der Waals surface area contributed by atoms with E-state index in [-0.39, 0.29) is 5.56 Å². The third-order valence-corrected chi connectivity index (χ3v) is 3.28. The van der Waals surface area contributed by atoms with Crippen LogP contribution in [-0.2, 0) is 0 Å². The number of aryl methyl sites for hydroxylation is 1. The Bertz CT molecular complexity index is 647. The van der Waals surface area contributed by atoms with Gasteiger partial charge in [0.2, 0.25) is 0 Å². The van der Waals surface area contributed by atoms with E-state index in [2.05, 4.69) is 26.2 Å². The van der Waals surface area contributed by atoms with Gasteiger partial charge in [-0.25, -0.2) is 13.8 Å². The van der Waals surface area contributed by atoms with Gasteiger partial charge in [0.05, 0.1) is 17.4 Å².